The zero-order valence-corrected chi connectivity index (χ0v) is 8.04. The Morgan fingerprint density at radius 1 is 1.50 bits per heavy atom. The lowest BCUT2D eigenvalue weighted by Gasteiger charge is -2.07. The number of carbonyl (C=O) groups is 3. The summed E-state index contributed by atoms with van der Waals surface area (Å²) in [5.41, 5.74) is 0.0437. The maximum Gasteiger partial charge on any atom is 0.357 e. The van der Waals surface area contributed by atoms with Gasteiger partial charge in [-0.1, -0.05) is 0 Å². The van der Waals surface area contributed by atoms with E-state index in [0.29, 0.717) is 0 Å². The van der Waals surface area contributed by atoms with Crippen molar-refractivity contribution in [2.24, 2.45) is 0 Å². The van der Waals surface area contributed by atoms with Gasteiger partial charge in [0.2, 0.25) is 5.91 Å². The lowest BCUT2D eigenvalue weighted by atomic mass is 10.3. The van der Waals surface area contributed by atoms with Gasteiger partial charge >= 0.3 is 5.97 Å². The van der Waals surface area contributed by atoms with E-state index >= 15 is 0 Å². The van der Waals surface area contributed by atoms with Crippen molar-refractivity contribution < 1.29 is 19.1 Å². The molecule has 7 nitrogen and oxygen atoms in total. The van der Waals surface area contributed by atoms with Crippen LogP contribution in [0.15, 0.2) is 18.6 Å². The summed E-state index contributed by atoms with van der Waals surface area (Å²) in [4.78, 5) is 40.7. The fourth-order valence-corrected chi connectivity index (χ4v) is 1.23. The van der Waals surface area contributed by atoms with Gasteiger partial charge in [-0.15, -0.1) is 0 Å². The zero-order valence-electron chi connectivity index (χ0n) is 8.04. The van der Waals surface area contributed by atoms with E-state index in [0.717, 1.165) is 0 Å². The third-order valence-corrected chi connectivity index (χ3v) is 1.97. The predicted octanol–water partition coefficient (Wildman–Crippen LogP) is -0.952. The molecule has 1 aromatic rings. The van der Waals surface area contributed by atoms with E-state index in [4.69, 9.17) is 4.74 Å². The molecule has 0 saturated carbocycles. The number of esters is 1. The summed E-state index contributed by atoms with van der Waals surface area (Å²) in [5, 5.41) is 2.04. The smallest absolute Gasteiger partial charge is 0.357 e. The molecule has 0 bridgehead atoms. The van der Waals surface area contributed by atoms with Gasteiger partial charge in [0.05, 0.1) is 6.42 Å². The number of imide groups is 1. The van der Waals surface area contributed by atoms with Crippen LogP contribution in [0.5, 0.6) is 0 Å². The van der Waals surface area contributed by atoms with Crippen molar-refractivity contribution in [2.45, 2.75) is 12.5 Å². The highest BCUT2D eigenvalue weighted by atomic mass is 16.5. The molecule has 1 aromatic heterocycles. The Bertz CT molecular complexity index is 445. The van der Waals surface area contributed by atoms with Crippen LogP contribution in [0, 0.1) is 0 Å². The van der Waals surface area contributed by atoms with Crippen LogP contribution in [0.3, 0.4) is 0 Å². The monoisotopic (exact) mass is 221 g/mol. The van der Waals surface area contributed by atoms with E-state index in [-0.39, 0.29) is 12.1 Å². The molecule has 1 aliphatic heterocycles. The molecule has 0 aliphatic carbocycles. The zero-order chi connectivity index (χ0) is 11.5. The number of ether oxygens (including phenoxy) is 1. The molecule has 1 saturated heterocycles. The van der Waals surface area contributed by atoms with E-state index in [2.05, 4.69) is 9.97 Å². The van der Waals surface area contributed by atoms with E-state index in [1.165, 1.54) is 18.6 Å². The lowest BCUT2D eigenvalue weighted by Crippen LogP contribution is -2.28. The van der Waals surface area contributed by atoms with Crippen molar-refractivity contribution in [1.29, 1.82) is 0 Å². The van der Waals surface area contributed by atoms with Gasteiger partial charge in [0.15, 0.2) is 11.8 Å². The number of aromatic nitrogens is 2. The van der Waals surface area contributed by atoms with Crippen LogP contribution >= 0.6 is 0 Å². The van der Waals surface area contributed by atoms with Crippen LogP contribution in [0.2, 0.25) is 0 Å². The first kappa shape index (κ1) is 10.2. The highest BCUT2D eigenvalue weighted by Crippen LogP contribution is 2.08. The Hall–Kier alpha value is -2.31. The number of nitrogens with one attached hydrogen (secondary N) is 1. The number of hydrogen-bond acceptors (Lipinski definition) is 6. The first-order valence-electron chi connectivity index (χ1n) is 4.47. The van der Waals surface area contributed by atoms with Gasteiger partial charge in [-0.05, 0) is 6.07 Å². The molecule has 2 amide bonds. The summed E-state index contributed by atoms with van der Waals surface area (Å²) in [6, 6.07) is 1.36. The second kappa shape index (κ2) is 4.05. The van der Waals surface area contributed by atoms with E-state index < -0.39 is 23.9 Å². The minimum absolute atomic E-state index is 0.0437. The molecule has 1 aliphatic rings. The predicted molar refractivity (Wildman–Crippen MR) is 49.0 cm³/mol. The van der Waals surface area contributed by atoms with Crippen LogP contribution in [-0.4, -0.2) is 33.9 Å². The number of amides is 2. The molecule has 16 heavy (non-hydrogen) atoms. The average molecular weight is 221 g/mol. The van der Waals surface area contributed by atoms with Crippen molar-refractivity contribution in [3.8, 4) is 0 Å². The van der Waals surface area contributed by atoms with E-state index in [1.807, 2.05) is 5.32 Å². The molecule has 1 fully saturated rings. The van der Waals surface area contributed by atoms with Crippen LogP contribution in [-0.2, 0) is 14.3 Å². The molecule has 0 radical (unpaired) electrons. The molecule has 1 unspecified atom stereocenters. The summed E-state index contributed by atoms with van der Waals surface area (Å²) in [6.07, 6.45) is 1.37. The SMILES string of the molecule is O=C1CC(OC(=O)c2ccncn2)C(=O)N1. The normalized spacial score (nSPS) is 19.4. The fraction of sp³-hybridized carbons (Fsp3) is 0.222. The molecule has 2 heterocycles. The van der Waals surface area contributed by atoms with Gasteiger partial charge in [0.25, 0.3) is 5.91 Å². The maximum absolute atomic E-state index is 11.4. The number of carbonyl (C=O) groups excluding carboxylic acids is 3. The van der Waals surface area contributed by atoms with Crippen molar-refractivity contribution in [2.75, 3.05) is 0 Å². The second-order valence-electron chi connectivity index (χ2n) is 3.11. The molecule has 82 valence electrons. The minimum atomic E-state index is -1.06. The Morgan fingerprint density at radius 3 is 2.88 bits per heavy atom. The third kappa shape index (κ3) is 2.02. The van der Waals surface area contributed by atoms with Crippen molar-refractivity contribution >= 4 is 17.8 Å². The van der Waals surface area contributed by atoms with Gasteiger partial charge in [-0.25, -0.2) is 14.8 Å². The Morgan fingerprint density at radius 2 is 2.31 bits per heavy atom. The summed E-state index contributed by atoms with van der Waals surface area (Å²) in [6.45, 7) is 0. The van der Waals surface area contributed by atoms with Gasteiger partial charge in [-0.2, -0.15) is 0 Å². The maximum atomic E-state index is 11.4. The minimum Gasteiger partial charge on any atom is -0.447 e. The molecule has 1 N–H and O–H groups in total. The number of hydrogen-bond donors (Lipinski definition) is 1. The van der Waals surface area contributed by atoms with E-state index in [9.17, 15) is 14.4 Å². The van der Waals surface area contributed by atoms with Gasteiger partial charge < -0.3 is 4.74 Å². The first-order valence-corrected chi connectivity index (χ1v) is 4.47. The molecule has 7 heteroatoms. The van der Waals surface area contributed by atoms with Crippen molar-refractivity contribution in [3.63, 3.8) is 0 Å². The largest absolute Gasteiger partial charge is 0.447 e. The van der Waals surface area contributed by atoms with Gasteiger partial charge in [0, 0.05) is 6.20 Å². The van der Waals surface area contributed by atoms with E-state index in [1.54, 1.807) is 0 Å². The highest BCUT2D eigenvalue weighted by molar-refractivity contribution is 6.06. The highest BCUT2D eigenvalue weighted by Gasteiger charge is 2.34. The van der Waals surface area contributed by atoms with Gasteiger partial charge in [0.1, 0.15) is 6.33 Å². The van der Waals surface area contributed by atoms with Crippen LogP contribution in [0.4, 0.5) is 0 Å². The van der Waals surface area contributed by atoms with Crippen LogP contribution in [0.25, 0.3) is 0 Å². The van der Waals surface area contributed by atoms with Crippen molar-refractivity contribution in [1.82, 2.24) is 15.3 Å². The Kier molecular flexibility index (Phi) is 2.59. The topological polar surface area (TPSA) is 98.2 Å². The molecular weight excluding hydrogens is 214 g/mol. The number of rotatable bonds is 2. The second-order valence-corrected chi connectivity index (χ2v) is 3.11. The van der Waals surface area contributed by atoms with Gasteiger partial charge in [-0.3, -0.25) is 14.9 Å². The summed E-state index contributed by atoms with van der Waals surface area (Å²) in [7, 11) is 0. The standard InChI is InChI=1S/C9H7N3O4/c13-7-3-6(8(14)12-7)16-9(15)5-1-2-10-4-11-5/h1-2,4,6H,3H2,(H,12,13,14). The summed E-state index contributed by atoms with van der Waals surface area (Å²) in [5.74, 6) is -1.81. The van der Waals surface area contributed by atoms with Crippen LogP contribution < -0.4 is 5.32 Å². The molecule has 1 atom stereocenters. The molecule has 2 rings (SSSR count). The summed E-state index contributed by atoms with van der Waals surface area (Å²) >= 11 is 0. The Balaban J connectivity index is 2.03. The molecule has 0 spiro atoms. The quantitative estimate of drug-likeness (QED) is 0.510. The summed E-state index contributed by atoms with van der Waals surface area (Å²) < 4.78 is 4.82. The Labute approximate surface area is 89.8 Å². The first-order chi connectivity index (χ1) is 7.66. The van der Waals surface area contributed by atoms with Crippen LogP contribution in [0.1, 0.15) is 16.9 Å². The van der Waals surface area contributed by atoms with Crippen molar-refractivity contribution in [3.05, 3.63) is 24.3 Å². The average Bonchev–Trinajstić information content (AvgIpc) is 2.59. The molecule has 0 aromatic carbocycles. The fourth-order valence-electron chi connectivity index (χ4n) is 1.23. The number of nitrogens with zero attached hydrogens (tertiary/aromatic N) is 2. The lowest BCUT2D eigenvalue weighted by molar-refractivity contribution is -0.128. The molecular formula is C9H7N3O4. The third-order valence-electron chi connectivity index (χ3n) is 1.97.